The maximum atomic E-state index is 5.79. The first-order valence-corrected chi connectivity index (χ1v) is 7.17. The molecule has 1 rings (SSSR count). The fourth-order valence-corrected chi connectivity index (χ4v) is 1.74. The Balaban J connectivity index is 2.41. The highest BCUT2D eigenvalue weighted by atomic mass is 16.5. The maximum Gasteiger partial charge on any atom is 0.119 e. The summed E-state index contributed by atoms with van der Waals surface area (Å²) >= 11 is 0. The highest BCUT2D eigenvalue weighted by Crippen LogP contribution is 2.14. The van der Waals surface area contributed by atoms with Gasteiger partial charge in [-0.1, -0.05) is 18.2 Å². The Morgan fingerprint density at radius 1 is 1.35 bits per heavy atom. The molecule has 0 bridgehead atoms. The number of hydrogen-bond donors (Lipinski definition) is 1. The van der Waals surface area contributed by atoms with E-state index in [9.17, 15) is 0 Å². The quantitative estimate of drug-likeness (QED) is 0.739. The lowest BCUT2D eigenvalue weighted by atomic mass is 10.1. The third-order valence-electron chi connectivity index (χ3n) is 2.90. The van der Waals surface area contributed by atoms with Gasteiger partial charge in [-0.15, -0.1) is 6.58 Å². The first kappa shape index (κ1) is 16.7. The summed E-state index contributed by atoms with van der Waals surface area (Å²) in [7, 11) is 2.06. The van der Waals surface area contributed by atoms with Crippen LogP contribution in [0, 0.1) is 0 Å². The summed E-state index contributed by atoms with van der Waals surface area (Å²) in [5, 5.41) is 3.48. The molecule has 112 valence electrons. The Bertz CT molecular complexity index is 410. The summed E-state index contributed by atoms with van der Waals surface area (Å²) in [5.74, 6) is 0.935. The van der Waals surface area contributed by atoms with Gasteiger partial charge in [-0.25, -0.2) is 0 Å². The molecule has 20 heavy (non-hydrogen) atoms. The summed E-state index contributed by atoms with van der Waals surface area (Å²) in [6.45, 7) is 13.6. The second kappa shape index (κ2) is 8.08. The van der Waals surface area contributed by atoms with Gasteiger partial charge in [0.1, 0.15) is 12.4 Å². The molecule has 0 spiro atoms. The number of ether oxygens (including phenoxy) is 1. The molecule has 0 aliphatic rings. The van der Waals surface area contributed by atoms with Crippen LogP contribution in [0.3, 0.4) is 0 Å². The Hall–Kier alpha value is -1.32. The summed E-state index contributed by atoms with van der Waals surface area (Å²) in [5.41, 5.74) is 1.38. The van der Waals surface area contributed by atoms with E-state index in [-0.39, 0.29) is 5.54 Å². The lowest BCUT2D eigenvalue weighted by Crippen LogP contribution is -2.35. The highest BCUT2D eigenvalue weighted by molar-refractivity contribution is 5.28. The fraction of sp³-hybridized carbons (Fsp3) is 0.529. The van der Waals surface area contributed by atoms with E-state index in [1.54, 1.807) is 0 Å². The van der Waals surface area contributed by atoms with Gasteiger partial charge in [-0.3, -0.25) is 4.90 Å². The minimum Gasteiger partial charge on any atom is -0.492 e. The van der Waals surface area contributed by atoms with Crippen LogP contribution in [0.15, 0.2) is 36.9 Å². The molecule has 3 nitrogen and oxygen atoms in total. The van der Waals surface area contributed by atoms with Crippen LogP contribution in [0.1, 0.15) is 26.3 Å². The molecule has 0 atom stereocenters. The zero-order chi connectivity index (χ0) is 15.0. The first-order chi connectivity index (χ1) is 9.40. The molecule has 0 aromatic heterocycles. The van der Waals surface area contributed by atoms with E-state index in [0.29, 0.717) is 6.61 Å². The maximum absolute atomic E-state index is 5.79. The van der Waals surface area contributed by atoms with Crippen molar-refractivity contribution in [1.29, 1.82) is 0 Å². The zero-order valence-corrected chi connectivity index (χ0v) is 13.3. The fourth-order valence-electron chi connectivity index (χ4n) is 1.74. The van der Waals surface area contributed by atoms with E-state index in [4.69, 9.17) is 4.74 Å². The third-order valence-corrected chi connectivity index (χ3v) is 2.90. The molecular weight excluding hydrogens is 248 g/mol. The molecule has 0 heterocycles. The van der Waals surface area contributed by atoms with Gasteiger partial charge in [0, 0.05) is 25.2 Å². The van der Waals surface area contributed by atoms with Crippen LogP contribution in [0.2, 0.25) is 0 Å². The van der Waals surface area contributed by atoms with Crippen molar-refractivity contribution in [3.63, 3.8) is 0 Å². The van der Waals surface area contributed by atoms with Crippen LogP contribution in [0.4, 0.5) is 0 Å². The summed E-state index contributed by atoms with van der Waals surface area (Å²) < 4.78 is 5.79. The Morgan fingerprint density at radius 3 is 2.75 bits per heavy atom. The molecule has 1 aromatic rings. The van der Waals surface area contributed by atoms with Gasteiger partial charge in [-0.2, -0.15) is 0 Å². The molecule has 1 aromatic carbocycles. The van der Waals surface area contributed by atoms with E-state index in [1.165, 1.54) is 5.56 Å². The smallest absolute Gasteiger partial charge is 0.119 e. The van der Waals surface area contributed by atoms with Gasteiger partial charge in [0.2, 0.25) is 0 Å². The summed E-state index contributed by atoms with van der Waals surface area (Å²) in [6, 6.07) is 8.28. The number of nitrogens with zero attached hydrogens (tertiary/aromatic N) is 1. The molecule has 0 radical (unpaired) electrons. The second-order valence-electron chi connectivity index (χ2n) is 6.15. The van der Waals surface area contributed by atoms with Crippen molar-refractivity contribution in [3.05, 3.63) is 42.5 Å². The van der Waals surface area contributed by atoms with Crippen molar-refractivity contribution in [2.24, 2.45) is 0 Å². The second-order valence-corrected chi connectivity index (χ2v) is 6.15. The number of benzene rings is 1. The van der Waals surface area contributed by atoms with E-state index in [2.05, 4.69) is 56.7 Å². The topological polar surface area (TPSA) is 24.5 Å². The van der Waals surface area contributed by atoms with Gasteiger partial charge in [-0.05, 0) is 45.5 Å². The van der Waals surface area contributed by atoms with Crippen molar-refractivity contribution < 1.29 is 4.74 Å². The lowest BCUT2D eigenvalue weighted by molar-refractivity contribution is 0.249. The highest BCUT2D eigenvalue weighted by Gasteiger charge is 2.08. The van der Waals surface area contributed by atoms with Crippen LogP contribution in [-0.2, 0) is 6.54 Å². The van der Waals surface area contributed by atoms with E-state index < -0.39 is 0 Å². The van der Waals surface area contributed by atoms with E-state index in [1.807, 2.05) is 18.2 Å². The van der Waals surface area contributed by atoms with Crippen molar-refractivity contribution in [2.75, 3.05) is 26.7 Å². The van der Waals surface area contributed by atoms with Crippen LogP contribution in [-0.4, -0.2) is 37.2 Å². The minimum atomic E-state index is 0.129. The predicted molar refractivity (Wildman–Crippen MR) is 86.2 cm³/mol. The molecule has 0 saturated carbocycles. The number of rotatable bonds is 8. The minimum absolute atomic E-state index is 0.129. The monoisotopic (exact) mass is 276 g/mol. The van der Waals surface area contributed by atoms with Gasteiger partial charge in [0.25, 0.3) is 0 Å². The average molecular weight is 276 g/mol. The molecule has 0 unspecified atom stereocenters. The molecular formula is C17H28N2O. The van der Waals surface area contributed by atoms with Crippen molar-refractivity contribution in [2.45, 2.75) is 32.9 Å². The van der Waals surface area contributed by atoms with Gasteiger partial charge < -0.3 is 10.1 Å². The van der Waals surface area contributed by atoms with Crippen LogP contribution in [0.5, 0.6) is 5.75 Å². The normalized spacial score (nSPS) is 11.7. The van der Waals surface area contributed by atoms with Crippen LogP contribution >= 0.6 is 0 Å². The predicted octanol–water partition coefficient (Wildman–Crippen LogP) is 3.07. The molecule has 0 aliphatic heterocycles. The number of likely N-dealkylation sites (N-methyl/N-ethyl adjacent to an activating group) is 1. The van der Waals surface area contributed by atoms with E-state index in [0.717, 1.165) is 25.4 Å². The van der Waals surface area contributed by atoms with Crippen LogP contribution in [0.25, 0.3) is 0 Å². The summed E-state index contributed by atoms with van der Waals surface area (Å²) in [4.78, 5) is 2.18. The lowest BCUT2D eigenvalue weighted by Gasteiger charge is -2.20. The van der Waals surface area contributed by atoms with Gasteiger partial charge in [0.05, 0.1) is 0 Å². The summed E-state index contributed by atoms with van der Waals surface area (Å²) in [6.07, 6.45) is 1.90. The van der Waals surface area contributed by atoms with Crippen molar-refractivity contribution in [3.8, 4) is 5.75 Å². The standard InChI is InChI=1S/C17H28N2O/c1-6-10-19(5)11-12-20-16-9-7-8-15(13-16)14-18-17(2,3)4/h6-9,13,18H,1,10-12,14H2,2-5H3. The molecule has 0 amide bonds. The van der Waals surface area contributed by atoms with E-state index >= 15 is 0 Å². The first-order valence-electron chi connectivity index (χ1n) is 7.17. The Labute approximate surface area is 123 Å². The SMILES string of the molecule is C=CCN(C)CCOc1cccc(CNC(C)(C)C)c1. The van der Waals surface area contributed by atoms with Gasteiger partial charge in [0.15, 0.2) is 0 Å². The molecule has 0 saturated heterocycles. The average Bonchev–Trinajstić information content (AvgIpc) is 2.36. The molecule has 0 fully saturated rings. The third kappa shape index (κ3) is 7.31. The molecule has 0 aliphatic carbocycles. The Kier molecular flexibility index (Phi) is 6.76. The Morgan fingerprint density at radius 2 is 2.10 bits per heavy atom. The molecule has 3 heteroatoms. The molecule has 1 N–H and O–H groups in total. The van der Waals surface area contributed by atoms with Crippen molar-refractivity contribution in [1.82, 2.24) is 10.2 Å². The largest absolute Gasteiger partial charge is 0.492 e. The van der Waals surface area contributed by atoms with Crippen LogP contribution < -0.4 is 10.1 Å². The zero-order valence-electron chi connectivity index (χ0n) is 13.3. The van der Waals surface area contributed by atoms with Gasteiger partial charge >= 0.3 is 0 Å². The number of nitrogens with one attached hydrogen (secondary N) is 1. The number of hydrogen-bond acceptors (Lipinski definition) is 3. The van der Waals surface area contributed by atoms with Crippen molar-refractivity contribution >= 4 is 0 Å².